The van der Waals surface area contributed by atoms with Crippen molar-refractivity contribution < 1.29 is 23.6 Å². The second-order valence-electron chi connectivity index (χ2n) is 17.7. The van der Waals surface area contributed by atoms with Gasteiger partial charge in [-0.25, -0.2) is 4.39 Å². The predicted octanol–water partition coefficient (Wildman–Crippen LogP) is 8.81. The van der Waals surface area contributed by atoms with Crippen LogP contribution in [0.1, 0.15) is 86.7 Å². The topological polar surface area (TPSA) is 109 Å². The summed E-state index contributed by atoms with van der Waals surface area (Å²) in [5, 5.41) is 6.16. The number of nitrogens with one attached hydrogen (secondary N) is 2. The average molecular weight is 892 g/mol. The van der Waals surface area contributed by atoms with Gasteiger partial charge in [-0.1, -0.05) is 98.8 Å². The Balaban J connectivity index is 0.902. The molecular formula is C54H62FN7O4. The minimum Gasteiger partial charge on any atom is -0.363 e. The van der Waals surface area contributed by atoms with Crippen LogP contribution < -0.4 is 15.5 Å². The highest BCUT2D eigenvalue weighted by Gasteiger charge is 2.41. The number of carbonyl (C=O) groups is 4. The van der Waals surface area contributed by atoms with Crippen LogP contribution in [0.25, 0.3) is 0 Å². The molecule has 12 heteroatoms. The van der Waals surface area contributed by atoms with E-state index in [9.17, 15) is 23.6 Å². The Morgan fingerprint density at radius 1 is 0.576 bits per heavy atom. The summed E-state index contributed by atoms with van der Waals surface area (Å²) in [6.07, 6.45) is 4.87. The van der Waals surface area contributed by atoms with Crippen LogP contribution in [0.5, 0.6) is 0 Å². The third-order valence-corrected chi connectivity index (χ3v) is 13.4. The number of anilines is 3. The molecule has 3 heterocycles. The third-order valence-electron chi connectivity index (χ3n) is 13.4. The summed E-state index contributed by atoms with van der Waals surface area (Å²) >= 11 is 0. The van der Waals surface area contributed by atoms with Crippen molar-refractivity contribution in [2.45, 2.75) is 89.6 Å². The summed E-state index contributed by atoms with van der Waals surface area (Å²) in [5.41, 5.74) is 5.99. The highest BCUT2D eigenvalue weighted by Crippen LogP contribution is 2.32. The van der Waals surface area contributed by atoms with Crippen LogP contribution in [-0.4, -0.2) is 94.6 Å². The van der Waals surface area contributed by atoms with E-state index in [2.05, 4.69) is 39.2 Å². The molecule has 0 saturated carbocycles. The third kappa shape index (κ3) is 10.8. The number of hydrogen-bond donors (Lipinski definition) is 2. The molecule has 4 atom stereocenters. The van der Waals surface area contributed by atoms with Gasteiger partial charge in [0.15, 0.2) is 0 Å². The van der Waals surface area contributed by atoms with Crippen molar-refractivity contribution in [3.05, 3.63) is 162 Å². The molecule has 5 aromatic rings. The number of rotatable bonds is 17. The average Bonchev–Trinajstić information content (AvgIpc) is 4.17. The molecule has 1 unspecified atom stereocenters. The quantitative estimate of drug-likeness (QED) is 0.0962. The number of benzene rings is 5. The SMILES string of the molecule is CCN(CC)[C@@H](C(=O)N1CCC[C@H]1C(=O)Nc1ccc(CN(Cc2ccc(NC(=O)C3CCCN3C(=O)[C@@H](c3ccccc3)N3CCCC3)cc2)c2ccc(F)cc2)cc1)c1ccccc1. The molecule has 2 N–H and O–H groups in total. The molecule has 0 aromatic heterocycles. The summed E-state index contributed by atoms with van der Waals surface area (Å²) < 4.78 is 14.1. The molecule has 3 saturated heterocycles. The first-order chi connectivity index (χ1) is 32.2. The summed E-state index contributed by atoms with van der Waals surface area (Å²) in [6.45, 7) is 9.36. The largest absolute Gasteiger partial charge is 0.363 e. The summed E-state index contributed by atoms with van der Waals surface area (Å²) in [6, 6.07) is 39.6. The second kappa shape index (κ2) is 21.7. The van der Waals surface area contributed by atoms with E-state index in [1.807, 2.05) is 109 Å². The molecule has 3 aliphatic rings. The summed E-state index contributed by atoms with van der Waals surface area (Å²) in [7, 11) is 0. The standard InChI is InChI=1S/C54H62FN7O4/c1-3-58(4-2)49(41-15-7-5-8-16-41)53(65)61-35-13-19-47(61)51(63)56-44-27-21-39(22-28-44)37-60(46-31-25-43(55)26-32-46)38-40-23-29-45(30-24-40)57-52(64)48-20-14-36-62(48)54(66)50(59-33-11-12-34-59)42-17-9-6-10-18-42/h5-10,15-18,21-32,47-50H,3-4,11-14,19-20,33-38H2,1-2H3,(H,56,63)(H,57,64)/t47-,48?,49+,50+/m0/s1. The van der Waals surface area contributed by atoms with Gasteiger partial charge < -0.3 is 25.3 Å². The number of amides is 4. The Morgan fingerprint density at radius 3 is 1.53 bits per heavy atom. The lowest BCUT2D eigenvalue weighted by Crippen LogP contribution is -2.48. The minimum atomic E-state index is -0.563. The summed E-state index contributed by atoms with van der Waals surface area (Å²) in [4.78, 5) is 66.0. The van der Waals surface area contributed by atoms with Gasteiger partial charge in [-0.05, 0) is 135 Å². The van der Waals surface area contributed by atoms with Crippen molar-refractivity contribution in [3.8, 4) is 0 Å². The molecule has 66 heavy (non-hydrogen) atoms. The van der Waals surface area contributed by atoms with Crippen LogP contribution >= 0.6 is 0 Å². The molecule has 344 valence electrons. The van der Waals surface area contributed by atoms with Crippen LogP contribution in [0, 0.1) is 5.82 Å². The van der Waals surface area contributed by atoms with E-state index >= 15 is 0 Å². The Hall–Kier alpha value is -6.37. The second-order valence-corrected chi connectivity index (χ2v) is 17.7. The van der Waals surface area contributed by atoms with E-state index in [4.69, 9.17) is 0 Å². The Labute approximate surface area is 388 Å². The molecule has 0 spiro atoms. The maximum Gasteiger partial charge on any atom is 0.247 e. The molecule has 5 aromatic carbocycles. The molecule has 11 nitrogen and oxygen atoms in total. The van der Waals surface area contributed by atoms with Crippen molar-refractivity contribution in [2.24, 2.45) is 0 Å². The number of likely N-dealkylation sites (tertiary alicyclic amines) is 3. The van der Waals surface area contributed by atoms with Crippen molar-refractivity contribution in [2.75, 3.05) is 54.8 Å². The first-order valence-electron chi connectivity index (χ1n) is 23.7. The molecular weight excluding hydrogens is 830 g/mol. The lowest BCUT2D eigenvalue weighted by molar-refractivity contribution is -0.141. The van der Waals surface area contributed by atoms with Crippen LogP contribution in [0.15, 0.2) is 133 Å². The van der Waals surface area contributed by atoms with Crippen LogP contribution in [0.2, 0.25) is 0 Å². The van der Waals surface area contributed by atoms with Gasteiger partial charge in [-0.3, -0.25) is 29.0 Å². The normalized spacial score (nSPS) is 18.3. The lowest BCUT2D eigenvalue weighted by Gasteiger charge is -2.34. The highest BCUT2D eigenvalue weighted by atomic mass is 19.1. The van der Waals surface area contributed by atoms with Gasteiger partial charge in [0.2, 0.25) is 23.6 Å². The van der Waals surface area contributed by atoms with Gasteiger partial charge in [-0.2, -0.15) is 0 Å². The van der Waals surface area contributed by atoms with Gasteiger partial charge in [0, 0.05) is 43.2 Å². The fraction of sp³-hybridized carbons (Fsp3) is 0.370. The lowest BCUT2D eigenvalue weighted by atomic mass is 10.0. The van der Waals surface area contributed by atoms with Crippen molar-refractivity contribution in [1.29, 1.82) is 0 Å². The van der Waals surface area contributed by atoms with Crippen molar-refractivity contribution in [3.63, 3.8) is 0 Å². The first-order valence-corrected chi connectivity index (χ1v) is 23.7. The number of carbonyl (C=O) groups excluding carboxylic acids is 4. The number of likely N-dealkylation sites (N-methyl/N-ethyl adjacent to an activating group) is 1. The van der Waals surface area contributed by atoms with Gasteiger partial charge in [0.05, 0.1) is 0 Å². The molecule has 3 fully saturated rings. The molecule has 0 bridgehead atoms. The smallest absolute Gasteiger partial charge is 0.247 e. The van der Waals surface area contributed by atoms with Crippen molar-refractivity contribution in [1.82, 2.24) is 19.6 Å². The Bertz CT molecular complexity index is 2260. The predicted molar refractivity (Wildman–Crippen MR) is 258 cm³/mol. The van der Waals surface area contributed by atoms with Crippen LogP contribution in [0.4, 0.5) is 21.5 Å². The zero-order chi connectivity index (χ0) is 46.0. The van der Waals surface area contributed by atoms with E-state index < -0.39 is 24.2 Å². The zero-order valence-corrected chi connectivity index (χ0v) is 38.2. The fourth-order valence-electron chi connectivity index (χ4n) is 9.97. The summed E-state index contributed by atoms with van der Waals surface area (Å²) in [5.74, 6) is -0.762. The highest BCUT2D eigenvalue weighted by molar-refractivity contribution is 5.99. The number of nitrogens with zero attached hydrogens (tertiary/aromatic N) is 5. The fourth-order valence-corrected chi connectivity index (χ4v) is 9.97. The van der Waals surface area contributed by atoms with Gasteiger partial charge >= 0.3 is 0 Å². The number of hydrogen-bond acceptors (Lipinski definition) is 7. The zero-order valence-electron chi connectivity index (χ0n) is 38.2. The molecule has 4 amide bonds. The van der Waals surface area contributed by atoms with Crippen LogP contribution in [-0.2, 0) is 32.3 Å². The van der Waals surface area contributed by atoms with Gasteiger partial charge in [-0.15, -0.1) is 0 Å². The van der Waals surface area contributed by atoms with E-state index in [1.165, 1.54) is 12.1 Å². The maximum absolute atomic E-state index is 14.2. The Morgan fingerprint density at radius 2 is 1.05 bits per heavy atom. The van der Waals surface area contributed by atoms with E-state index in [1.54, 1.807) is 21.9 Å². The van der Waals surface area contributed by atoms with E-state index in [0.29, 0.717) is 63.5 Å². The molecule has 3 aliphatic heterocycles. The molecule has 0 radical (unpaired) electrons. The Kier molecular flexibility index (Phi) is 15.2. The number of halogens is 1. The van der Waals surface area contributed by atoms with E-state index in [-0.39, 0.29) is 29.4 Å². The molecule has 8 rings (SSSR count). The monoisotopic (exact) mass is 891 g/mol. The first kappa shape index (κ1) is 46.2. The van der Waals surface area contributed by atoms with Gasteiger partial charge in [0.25, 0.3) is 0 Å². The maximum atomic E-state index is 14.2. The van der Waals surface area contributed by atoms with Gasteiger partial charge in [0.1, 0.15) is 30.0 Å². The minimum absolute atomic E-state index is 0.0104. The molecule has 0 aliphatic carbocycles. The van der Waals surface area contributed by atoms with Crippen LogP contribution in [0.3, 0.4) is 0 Å². The van der Waals surface area contributed by atoms with Crippen molar-refractivity contribution >= 4 is 40.7 Å². The van der Waals surface area contributed by atoms with E-state index in [0.717, 1.165) is 66.7 Å².